The van der Waals surface area contributed by atoms with Crippen LogP contribution in [0.2, 0.25) is 0 Å². The number of hydrogen-bond donors (Lipinski definition) is 1. The van der Waals surface area contributed by atoms with E-state index >= 15 is 0 Å². The molecule has 0 bridgehead atoms. The van der Waals surface area contributed by atoms with Gasteiger partial charge < -0.3 is 14.7 Å². The van der Waals surface area contributed by atoms with Crippen molar-refractivity contribution in [3.63, 3.8) is 0 Å². The van der Waals surface area contributed by atoms with E-state index in [-0.39, 0.29) is 6.10 Å². The van der Waals surface area contributed by atoms with Gasteiger partial charge in [0.2, 0.25) is 0 Å². The molecule has 0 aromatic heterocycles. The number of piperidine rings is 1. The van der Waals surface area contributed by atoms with Crippen LogP contribution in [0.25, 0.3) is 0 Å². The fourth-order valence-corrected chi connectivity index (χ4v) is 1.30. The van der Waals surface area contributed by atoms with Gasteiger partial charge in [-0.2, -0.15) is 0 Å². The van der Waals surface area contributed by atoms with E-state index in [0.29, 0.717) is 13.1 Å². The van der Waals surface area contributed by atoms with Crippen molar-refractivity contribution in [3.05, 3.63) is 0 Å². The van der Waals surface area contributed by atoms with Crippen molar-refractivity contribution < 1.29 is 14.6 Å². The summed E-state index contributed by atoms with van der Waals surface area (Å²) in [7, 11) is 1.62. The maximum Gasteiger partial charge on any atom is 0.407 e. The van der Waals surface area contributed by atoms with Gasteiger partial charge >= 0.3 is 6.09 Å². The molecule has 4 nitrogen and oxygen atoms in total. The molecule has 1 fully saturated rings. The van der Waals surface area contributed by atoms with E-state index in [4.69, 9.17) is 9.84 Å². The smallest absolute Gasteiger partial charge is 0.407 e. The molecule has 11 heavy (non-hydrogen) atoms. The molecule has 1 saturated heterocycles. The maximum atomic E-state index is 10.5. The highest BCUT2D eigenvalue weighted by Crippen LogP contribution is 2.11. The van der Waals surface area contributed by atoms with Crippen LogP contribution >= 0.6 is 0 Å². The van der Waals surface area contributed by atoms with Crippen LogP contribution in [0.3, 0.4) is 0 Å². The average Bonchev–Trinajstić information content (AvgIpc) is 2.05. The molecule has 0 aromatic carbocycles. The molecule has 0 spiro atoms. The normalized spacial score (nSPS) is 25.2. The lowest BCUT2D eigenvalue weighted by Crippen LogP contribution is -2.42. The topological polar surface area (TPSA) is 49.8 Å². The first kappa shape index (κ1) is 8.33. The standard InChI is InChI=1S/C7H13NO3/c1-11-6-3-2-4-8(5-6)7(9)10/h6H,2-5H2,1H3,(H,9,10)/t6-/m1/s1. The summed E-state index contributed by atoms with van der Waals surface area (Å²) in [5.74, 6) is 0. The number of carboxylic acid groups (broad SMARTS) is 1. The summed E-state index contributed by atoms with van der Waals surface area (Å²) >= 11 is 0. The molecule has 0 radical (unpaired) electrons. The Balaban J connectivity index is 2.39. The van der Waals surface area contributed by atoms with Crippen LogP contribution in [-0.4, -0.2) is 42.4 Å². The van der Waals surface area contributed by atoms with Crippen molar-refractivity contribution in [1.29, 1.82) is 0 Å². The molecule has 0 aliphatic carbocycles. The minimum absolute atomic E-state index is 0.0971. The molecule has 0 saturated carbocycles. The van der Waals surface area contributed by atoms with Gasteiger partial charge in [0.15, 0.2) is 0 Å². The van der Waals surface area contributed by atoms with Gasteiger partial charge in [-0.1, -0.05) is 0 Å². The first-order valence-corrected chi connectivity index (χ1v) is 3.74. The minimum atomic E-state index is -0.841. The SMILES string of the molecule is CO[C@@H]1CCCN(C(=O)O)C1. The number of carbonyl (C=O) groups is 1. The predicted octanol–water partition coefficient (Wildman–Crippen LogP) is 0.775. The van der Waals surface area contributed by atoms with Gasteiger partial charge in [0, 0.05) is 13.7 Å². The fraction of sp³-hybridized carbons (Fsp3) is 0.857. The molecule has 1 N–H and O–H groups in total. The summed E-state index contributed by atoms with van der Waals surface area (Å²) in [6.07, 6.45) is 1.14. The second kappa shape index (κ2) is 3.57. The minimum Gasteiger partial charge on any atom is -0.465 e. The lowest BCUT2D eigenvalue weighted by molar-refractivity contribution is 0.0331. The van der Waals surface area contributed by atoms with Crippen molar-refractivity contribution in [2.75, 3.05) is 20.2 Å². The zero-order chi connectivity index (χ0) is 8.27. The monoisotopic (exact) mass is 159 g/mol. The molecular weight excluding hydrogens is 146 g/mol. The highest BCUT2D eigenvalue weighted by atomic mass is 16.5. The van der Waals surface area contributed by atoms with E-state index in [2.05, 4.69) is 0 Å². The molecule has 1 atom stereocenters. The summed E-state index contributed by atoms with van der Waals surface area (Å²) in [6, 6.07) is 0. The Morgan fingerprint density at radius 2 is 2.45 bits per heavy atom. The quantitative estimate of drug-likeness (QED) is 0.615. The van der Waals surface area contributed by atoms with Crippen LogP contribution in [0.5, 0.6) is 0 Å². The van der Waals surface area contributed by atoms with Crippen molar-refractivity contribution in [2.24, 2.45) is 0 Å². The Kier molecular flexibility index (Phi) is 2.70. The number of rotatable bonds is 1. The largest absolute Gasteiger partial charge is 0.465 e. The Morgan fingerprint density at radius 3 is 3.00 bits per heavy atom. The first-order valence-electron chi connectivity index (χ1n) is 3.74. The van der Waals surface area contributed by atoms with Gasteiger partial charge in [0.05, 0.1) is 12.6 Å². The molecular formula is C7H13NO3. The summed E-state index contributed by atoms with van der Waals surface area (Å²) < 4.78 is 5.07. The van der Waals surface area contributed by atoms with Gasteiger partial charge in [-0.15, -0.1) is 0 Å². The number of methoxy groups -OCH3 is 1. The average molecular weight is 159 g/mol. The molecule has 4 heteroatoms. The van der Waals surface area contributed by atoms with Gasteiger partial charge in [0.1, 0.15) is 0 Å². The van der Waals surface area contributed by atoms with Crippen molar-refractivity contribution in [1.82, 2.24) is 4.90 Å². The van der Waals surface area contributed by atoms with Crippen molar-refractivity contribution >= 4 is 6.09 Å². The van der Waals surface area contributed by atoms with Crippen LogP contribution in [0.15, 0.2) is 0 Å². The number of ether oxygens (including phenoxy) is 1. The zero-order valence-electron chi connectivity index (χ0n) is 6.62. The third kappa shape index (κ3) is 2.08. The molecule has 1 aliphatic rings. The number of nitrogens with zero attached hydrogens (tertiary/aromatic N) is 1. The van der Waals surface area contributed by atoms with Crippen LogP contribution < -0.4 is 0 Å². The van der Waals surface area contributed by atoms with E-state index in [1.165, 1.54) is 4.90 Å². The molecule has 1 aliphatic heterocycles. The molecule has 1 amide bonds. The molecule has 0 aromatic rings. The van der Waals surface area contributed by atoms with Crippen LogP contribution in [0, 0.1) is 0 Å². The fourth-order valence-electron chi connectivity index (χ4n) is 1.30. The van der Waals surface area contributed by atoms with Crippen molar-refractivity contribution in [2.45, 2.75) is 18.9 Å². The number of hydrogen-bond acceptors (Lipinski definition) is 2. The summed E-state index contributed by atoms with van der Waals surface area (Å²) in [5, 5.41) is 8.62. The summed E-state index contributed by atoms with van der Waals surface area (Å²) in [4.78, 5) is 11.9. The Morgan fingerprint density at radius 1 is 1.73 bits per heavy atom. The molecule has 0 unspecified atom stereocenters. The van der Waals surface area contributed by atoms with Crippen LogP contribution in [0.1, 0.15) is 12.8 Å². The van der Waals surface area contributed by atoms with Gasteiger partial charge in [-0.25, -0.2) is 4.79 Å². The van der Waals surface area contributed by atoms with Gasteiger partial charge in [0.25, 0.3) is 0 Å². The van der Waals surface area contributed by atoms with Gasteiger partial charge in [-0.3, -0.25) is 0 Å². The number of amides is 1. The second-order valence-corrected chi connectivity index (χ2v) is 2.73. The number of likely N-dealkylation sites (tertiary alicyclic amines) is 1. The first-order chi connectivity index (χ1) is 5.24. The van der Waals surface area contributed by atoms with E-state index in [1.807, 2.05) is 0 Å². The molecule has 1 heterocycles. The highest BCUT2D eigenvalue weighted by molar-refractivity contribution is 5.65. The van der Waals surface area contributed by atoms with Crippen molar-refractivity contribution in [3.8, 4) is 0 Å². The van der Waals surface area contributed by atoms with E-state index in [9.17, 15) is 4.79 Å². The Labute approximate surface area is 65.8 Å². The van der Waals surface area contributed by atoms with E-state index in [0.717, 1.165) is 12.8 Å². The third-order valence-electron chi connectivity index (χ3n) is 1.98. The zero-order valence-corrected chi connectivity index (χ0v) is 6.62. The predicted molar refractivity (Wildman–Crippen MR) is 39.6 cm³/mol. The van der Waals surface area contributed by atoms with Gasteiger partial charge in [-0.05, 0) is 12.8 Å². The van der Waals surface area contributed by atoms with Crippen LogP contribution in [0.4, 0.5) is 4.79 Å². The van der Waals surface area contributed by atoms with E-state index < -0.39 is 6.09 Å². The highest BCUT2D eigenvalue weighted by Gasteiger charge is 2.22. The Hall–Kier alpha value is -0.770. The lowest BCUT2D eigenvalue weighted by Gasteiger charge is -2.29. The lowest BCUT2D eigenvalue weighted by atomic mass is 10.1. The summed E-state index contributed by atoms with van der Waals surface area (Å²) in [5.41, 5.74) is 0. The maximum absolute atomic E-state index is 10.5. The molecule has 64 valence electrons. The Bertz CT molecular complexity index is 149. The molecule has 1 rings (SSSR count). The summed E-state index contributed by atoms with van der Waals surface area (Å²) in [6.45, 7) is 1.17. The third-order valence-corrected chi connectivity index (χ3v) is 1.98. The van der Waals surface area contributed by atoms with E-state index in [1.54, 1.807) is 7.11 Å². The van der Waals surface area contributed by atoms with Crippen LogP contribution in [-0.2, 0) is 4.74 Å². The second-order valence-electron chi connectivity index (χ2n) is 2.73.